The van der Waals surface area contributed by atoms with E-state index in [0.717, 1.165) is 16.4 Å². The number of nitrogens with zero attached hydrogens (tertiary/aromatic N) is 2. The third-order valence-corrected chi connectivity index (χ3v) is 5.76. The van der Waals surface area contributed by atoms with E-state index in [9.17, 15) is 17.6 Å². The van der Waals surface area contributed by atoms with Crippen LogP contribution in [0.3, 0.4) is 0 Å². The number of anilines is 1. The molecule has 0 spiro atoms. The number of rotatable bonds is 5. The van der Waals surface area contributed by atoms with E-state index in [-0.39, 0.29) is 10.6 Å². The Kier molecular flexibility index (Phi) is 5.22. The molecule has 0 aromatic heterocycles. The number of sulfonamides is 1. The Balaban J connectivity index is 2.04. The summed E-state index contributed by atoms with van der Waals surface area (Å²) < 4.78 is 51.5. The van der Waals surface area contributed by atoms with Crippen molar-refractivity contribution in [3.63, 3.8) is 0 Å². The van der Waals surface area contributed by atoms with Crippen LogP contribution in [0.5, 0.6) is 11.5 Å². The molecule has 9 heteroatoms. The summed E-state index contributed by atoms with van der Waals surface area (Å²) in [4.78, 5) is 13.4. The van der Waals surface area contributed by atoms with Gasteiger partial charge in [0.1, 0.15) is 25.6 Å². The molecule has 0 unspecified atom stereocenters. The lowest BCUT2D eigenvalue weighted by atomic mass is 10.3. The topological polar surface area (TPSA) is 76.2 Å². The molecule has 144 valence electrons. The van der Waals surface area contributed by atoms with Gasteiger partial charge >= 0.3 is 0 Å². The number of hydrogen-bond acceptors (Lipinski definition) is 5. The average molecular weight is 394 g/mol. The molecule has 0 N–H and O–H groups in total. The van der Waals surface area contributed by atoms with Gasteiger partial charge in [-0.05, 0) is 36.4 Å². The van der Waals surface area contributed by atoms with Crippen molar-refractivity contribution in [1.82, 2.24) is 4.90 Å². The molecule has 27 heavy (non-hydrogen) atoms. The van der Waals surface area contributed by atoms with E-state index >= 15 is 0 Å². The van der Waals surface area contributed by atoms with Gasteiger partial charge in [-0.3, -0.25) is 9.10 Å². The van der Waals surface area contributed by atoms with E-state index in [1.807, 2.05) is 0 Å². The summed E-state index contributed by atoms with van der Waals surface area (Å²) in [6.45, 7) is 0.283. The fraction of sp³-hybridized carbons (Fsp3) is 0.278. The second-order valence-electron chi connectivity index (χ2n) is 6.08. The largest absolute Gasteiger partial charge is 0.486 e. The van der Waals surface area contributed by atoms with Gasteiger partial charge in [0, 0.05) is 20.2 Å². The first-order valence-electron chi connectivity index (χ1n) is 8.17. The van der Waals surface area contributed by atoms with Gasteiger partial charge in [-0.1, -0.05) is 0 Å². The Hall–Kier alpha value is -2.81. The minimum absolute atomic E-state index is 0.0531. The van der Waals surface area contributed by atoms with Crippen molar-refractivity contribution in [3.05, 3.63) is 48.3 Å². The highest BCUT2D eigenvalue weighted by Crippen LogP contribution is 2.34. The quantitative estimate of drug-likeness (QED) is 0.774. The SMILES string of the molecule is CN(C)C(=O)CN(c1ccc(F)cc1)S(=O)(=O)c1ccc2c(c1)OCCO2. The number of ether oxygens (including phenoxy) is 2. The molecule has 1 amide bonds. The van der Waals surface area contributed by atoms with Crippen molar-refractivity contribution in [2.75, 3.05) is 38.2 Å². The molecule has 3 rings (SSSR count). The summed E-state index contributed by atoms with van der Waals surface area (Å²) in [5.41, 5.74) is 0.182. The Morgan fingerprint density at radius 2 is 1.67 bits per heavy atom. The molecule has 0 bridgehead atoms. The zero-order valence-corrected chi connectivity index (χ0v) is 15.7. The first-order valence-corrected chi connectivity index (χ1v) is 9.61. The van der Waals surface area contributed by atoms with Crippen LogP contribution in [0.15, 0.2) is 47.4 Å². The molecule has 0 saturated heterocycles. The van der Waals surface area contributed by atoms with Gasteiger partial charge in [-0.2, -0.15) is 0 Å². The molecular formula is C18H19FN2O5S. The van der Waals surface area contributed by atoms with Gasteiger partial charge in [0.05, 0.1) is 10.6 Å². The number of halogens is 1. The molecule has 2 aromatic rings. The molecule has 7 nitrogen and oxygen atoms in total. The predicted molar refractivity (Wildman–Crippen MR) is 97.1 cm³/mol. The average Bonchev–Trinajstić information content (AvgIpc) is 2.66. The van der Waals surface area contributed by atoms with Crippen molar-refractivity contribution < 1.29 is 27.1 Å². The minimum atomic E-state index is -4.10. The van der Waals surface area contributed by atoms with Gasteiger partial charge in [0.15, 0.2) is 11.5 Å². The molecular weight excluding hydrogens is 375 g/mol. The summed E-state index contributed by atoms with van der Waals surface area (Å²) in [6, 6.07) is 9.17. The smallest absolute Gasteiger partial charge is 0.264 e. The monoisotopic (exact) mass is 394 g/mol. The molecule has 0 aliphatic carbocycles. The number of fused-ring (bicyclic) bond motifs is 1. The zero-order chi connectivity index (χ0) is 19.6. The van der Waals surface area contributed by atoms with Crippen LogP contribution in [0.2, 0.25) is 0 Å². The second kappa shape index (κ2) is 7.43. The van der Waals surface area contributed by atoms with E-state index in [1.54, 1.807) is 0 Å². The van der Waals surface area contributed by atoms with Crippen LogP contribution < -0.4 is 13.8 Å². The van der Waals surface area contributed by atoms with Crippen LogP contribution in [-0.4, -0.2) is 53.1 Å². The van der Waals surface area contributed by atoms with E-state index in [4.69, 9.17) is 9.47 Å². The Bertz CT molecular complexity index is 945. The van der Waals surface area contributed by atoms with E-state index in [1.165, 1.54) is 49.3 Å². The van der Waals surface area contributed by atoms with Crippen molar-refractivity contribution in [3.8, 4) is 11.5 Å². The summed E-state index contributed by atoms with van der Waals surface area (Å²) in [5, 5.41) is 0. The summed E-state index contributed by atoms with van der Waals surface area (Å²) >= 11 is 0. The van der Waals surface area contributed by atoms with Gasteiger partial charge in [-0.25, -0.2) is 12.8 Å². The Labute approximate surface area is 157 Å². The number of amides is 1. The maximum Gasteiger partial charge on any atom is 0.264 e. The van der Waals surface area contributed by atoms with Crippen molar-refractivity contribution in [1.29, 1.82) is 0 Å². The number of carbonyl (C=O) groups is 1. The number of likely N-dealkylation sites (N-methyl/N-ethyl adjacent to an activating group) is 1. The van der Waals surface area contributed by atoms with E-state index < -0.39 is 28.3 Å². The van der Waals surface area contributed by atoms with Crippen LogP contribution in [-0.2, 0) is 14.8 Å². The number of benzene rings is 2. The molecule has 0 fully saturated rings. The van der Waals surface area contributed by atoms with Gasteiger partial charge in [-0.15, -0.1) is 0 Å². The highest BCUT2D eigenvalue weighted by Gasteiger charge is 2.29. The normalized spacial score (nSPS) is 13.1. The predicted octanol–water partition coefficient (Wildman–Crippen LogP) is 1.88. The van der Waals surface area contributed by atoms with Crippen LogP contribution >= 0.6 is 0 Å². The van der Waals surface area contributed by atoms with Crippen LogP contribution in [0.1, 0.15) is 0 Å². The maximum atomic E-state index is 13.3. The minimum Gasteiger partial charge on any atom is -0.486 e. The second-order valence-corrected chi connectivity index (χ2v) is 7.94. The molecule has 2 aromatic carbocycles. The highest BCUT2D eigenvalue weighted by molar-refractivity contribution is 7.92. The fourth-order valence-corrected chi connectivity index (χ4v) is 3.93. The summed E-state index contributed by atoms with van der Waals surface area (Å²) in [7, 11) is -1.04. The van der Waals surface area contributed by atoms with Crippen LogP contribution in [0, 0.1) is 5.82 Å². The standard InChI is InChI=1S/C18H19FN2O5S/c1-20(2)18(22)12-21(14-5-3-13(19)4-6-14)27(23,24)15-7-8-16-17(11-15)26-10-9-25-16/h3-8,11H,9-10,12H2,1-2H3. The lowest BCUT2D eigenvalue weighted by Crippen LogP contribution is -2.40. The Morgan fingerprint density at radius 1 is 1.04 bits per heavy atom. The summed E-state index contributed by atoms with van der Waals surface area (Å²) in [6.07, 6.45) is 0. The molecule has 0 saturated carbocycles. The van der Waals surface area contributed by atoms with E-state index in [0.29, 0.717) is 24.7 Å². The third kappa shape index (κ3) is 3.97. The maximum absolute atomic E-state index is 13.3. The van der Waals surface area contributed by atoms with Crippen molar-refractivity contribution in [2.24, 2.45) is 0 Å². The van der Waals surface area contributed by atoms with Gasteiger partial charge in [0.25, 0.3) is 10.0 Å². The van der Waals surface area contributed by atoms with E-state index in [2.05, 4.69) is 0 Å². The first kappa shape index (κ1) is 19.0. The van der Waals surface area contributed by atoms with Gasteiger partial charge < -0.3 is 14.4 Å². The summed E-state index contributed by atoms with van der Waals surface area (Å²) in [5.74, 6) is -0.145. The van der Waals surface area contributed by atoms with Crippen LogP contribution in [0.4, 0.5) is 10.1 Å². The zero-order valence-electron chi connectivity index (χ0n) is 14.9. The number of hydrogen-bond donors (Lipinski definition) is 0. The highest BCUT2D eigenvalue weighted by atomic mass is 32.2. The first-order chi connectivity index (χ1) is 12.8. The van der Waals surface area contributed by atoms with Crippen LogP contribution in [0.25, 0.3) is 0 Å². The molecule has 0 atom stereocenters. The lowest BCUT2D eigenvalue weighted by Gasteiger charge is -2.26. The van der Waals surface area contributed by atoms with Crippen molar-refractivity contribution in [2.45, 2.75) is 4.90 Å². The molecule has 0 radical (unpaired) electrons. The third-order valence-electron chi connectivity index (χ3n) is 3.99. The molecule has 1 heterocycles. The Morgan fingerprint density at radius 3 is 2.30 bits per heavy atom. The van der Waals surface area contributed by atoms with Gasteiger partial charge in [0.2, 0.25) is 5.91 Å². The van der Waals surface area contributed by atoms with Crippen molar-refractivity contribution >= 4 is 21.6 Å². The molecule has 1 aliphatic rings. The number of carbonyl (C=O) groups excluding carboxylic acids is 1. The lowest BCUT2D eigenvalue weighted by molar-refractivity contribution is -0.127. The molecule has 1 aliphatic heterocycles. The fourth-order valence-electron chi connectivity index (χ4n) is 2.50.